The lowest BCUT2D eigenvalue weighted by Gasteiger charge is -2.34. The van der Waals surface area contributed by atoms with Gasteiger partial charge in [0, 0.05) is 49.2 Å². The first-order valence-corrected chi connectivity index (χ1v) is 12.8. The predicted octanol–water partition coefficient (Wildman–Crippen LogP) is 3.94. The van der Waals surface area contributed by atoms with Gasteiger partial charge in [0.25, 0.3) is 5.91 Å². The number of carbonyl (C=O) groups excluding carboxylic acids is 1. The highest BCUT2D eigenvalue weighted by Crippen LogP contribution is 2.50. The van der Waals surface area contributed by atoms with Crippen LogP contribution in [0.4, 0.5) is 24.5 Å². The molecule has 1 atom stereocenters. The molecule has 0 bridgehead atoms. The first kappa shape index (κ1) is 24.9. The van der Waals surface area contributed by atoms with Gasteiger partial charge in [-0.05, 0) is 49.7 Å². The van der Waals surface area contributed by atoms with Gasteiger partial charge in [-0.25, -0.2) is 4.99 Å². The Bertz CT molecular complexity index is 1350. The minimum Gasteiger partial charge on any atom is -0.404 e. The van der Waals surface area contributed by atoms with Crippen LogP contribution in [0, 0.1) is 0 Å². The van der Waals surface area contributed by atoms with Gasteiger partial charge in [0.15, 0.2) is 12.0 Å². The number of rotatable bonds is 5. The van der Waals surface area contributed by atoms with E-state index in [0.717, 1.165) is 50.3 Å². The number of anilines is 2. The van der Waals surface area contributed by atoms with E-state index >= 15 is 0 Å². The average molecular weight is 547 g/mol. The van der Waals surface area contributed by atoms with Crippen molar-refractivity contribution in [1.29, 1.82) is 0 Å². The smallest absolute Gasteiger partial charge is 0.404 e. The molecule has 1 saturated carbocycles. The fourth-order valence-electron chi connectivity index (χ4n) is 5.16. The molecule has 3 N–H and O–H groups in total. The standard InChI is InChI=1S/C26H26ClF3N6O2/c1-35-8-10-36(11-9-35)16-3-5-21(38-26(28,29)30)20(13-16)32-24-31-14-19(27)22(33-24)15-2-4-18-17(12-15)23(37)34-25(18)6-7-25/h2-5,12-14,24,31-32H,6-11H2,1H3,(H,34,37). The van der Waals surface area contributed by atoms with Crippen LogP contribution < -0.4 is 25.6 Å². The number of aliphatic imine (C=N–C) groups is 1. The van der Waals surface area contributed by atoms with Crippen LogP contribution in [0.3, 0.4) is 0 Å². The maximum Gasteiger partial charge on any atom is 0.573 e. The van der Waals surface area contributed by atoms with Gasteiger partial charge >= 0.3 is 6.36 Å². The second-order valence-electron chi connectivity index (χ2n) is 10.00. The van der Waals surface area contributed by atoms with Gasteiger partial charge in [-0.3, -0.25) is 4.79 Å². The van der Waals surface area contributed by atoms with E-state index in [-0.39, 0.29) is 22.9 Å². The average Bonchev–Trinajstić information content (AvgIpc) is 3.60. The van der Waals surface area contributed by atoms with Crippen molar-refractivity contribution in [3.8, 4) is 5.75 Å². The van der Waals surface area contributed by atoms with Gasteiger partial charge in [0.05, 0.1) is 22.0 Å². The van der Waals surface area contributed by atoms with Crippen LogP contribution in [-0.4, -0.2) is 62.4 Å². The first-order chi connectivity index (χ1) is 18.1. The molecule has 6 rings (SSSR count). The molecular formula is C26H26ClF3N6O2. The zero-order valence-corrected chi connectivity index (χ0v) is 21.3. The SMILES string of the molecule is CN1CCN(c2ccc(OC(F)(F)F)c(NC3N=C(c4ccc5c(c4)C(=O)NC54CC4)C(Cl)=CN3)c2)CC1. The van der Waals surface area contributed by atoms with Crippen LogP contribution in [-0.2, 0) is 5.54 Å². The molecule has 4 aliphatic rings. The van der Waals surface area contributed by atoms with Gasteiger partial charge in [0.1, 0.15) is 0 Å². The monoisotopic (exact) mass is 546 g/mol. The van der Waals surface area contributed by atoms with E-state index in [9.17, 15) is 18.0 Å². The number of fused-ring (bicyclic) bond motifs is 2. The Morgan fingerprint density at radius 1 is 1.13 bits per heavy atom. The highest BCUT2D eigenvalue weighted by Gasteiger charge is 2.52. The van der Waals surface area contributed by atoms with Crippen LogP contribution in [0.2, 0.25) is 0 Å². The summed E-state index contributed by atoms with van der Waals surface area (Å²) in [4.78, 5) is 21.5. The number of allylic oxidation sites excluding steroid dienone is 1. The van der Waals surface area contributed by atoms with Crippen LogP contribution in [0.1, 0.15) is 34.3 Å². The third-order valence-corrected chi connectivity index (χ3v) is 7.65. The van der Waals surface area contributed by atoms with Crippen molar-refractivity contribution in [1.82, 2.24) is 15.5 Å². The van der Waals surface area contributed by atoms with E-state index < -0.39 is 12.7 Å². The molecule has 1 amide bonds. The fraction of sp³-hybridized carbons (Fsp3) is 0.385. The van der Waals surface area contributed by atoms with Crippen LogP contribution in [0.25, 0.3) is 0 Å². The highest BCUT2D eigenvalue weighted by molar-refractivity contribution is 6.46. The zero-order valence-electron chi connectivity index (χ0n) is 20.5. The Morgan fingerprint density at radius 2 is 1.89 bits per heavy atom. The molecule has 3 heterocycles. The molecule has 200 valence electrons. The van der Waals surface area contributed by atoms with Crippen LogP contribution >= 0.6 is 11.6 Å². The van der Waals surface area contributed by atoms with E-state index in [1.165, 1.54) is 12.3 Å². The quantitative estimate of drug-likeness (QED) is 0.527. The summed E-state index contributed by atoms with van der Waals surface area (Å²) in [6, 6.07) is 10.1. The van der Waals surface area contributed by atoms with Gasteiger partial charge in [-0.2, -0.15) is 0 Å². The van der Waals surface area contributed by atoms with Crippen molar-refractivity contribution in [2.75, 3.05) is 43.4 Å². The van der Waals surface area contributed by atoms with Gasteiger partial charge in [-0.15, -0.1) is 13.2 Å². The molecule has 1 spiro atoms. The first-order valence-electron chi connectivity index (χ1n) is 12.4. The molecule has 0 radical (unpaired) electrons. The van der Waals surface area contributed by atoms with E-state index in [2.05, 4.69) is 35.5 Å². The van der Waals surface area contributed by atoms with Crippen molar-refractivity contribution in [3.63, 3.8) is 0 Å². The molecule has 1 saturated heterocycles. The lowest BCUT2D eigenvalue weighted by Crippen LogP contribution is -2.44. The molecule has 3 aliphatic heterocycles. The summed E-state index contributed by atoms with van der Waals surface area (Å²) in [5.41, 5.74) is 3.31. The van der Waals surface area contributed by atoms with Crippen molar-refractivity contribution >= 4 is 34.6 Å². The number of nitrogens with one attached hydrogen (secondary N) is 3. The highest BCUT2D eigenvalue weighted by atomic mass is 35.5. The third kappa shape index (κ3) is 4.76. The van der Waals surface area contributed by atoms with E-state index in [1.54, 1.807) is 18.2 Å². The fourth-order valence-corrected chi connectivity index (χ4v) is 5.38. The summed E-state index contributed by atoms with van der Waals surface area (Å²) >= 11 is 6.45. The molecule has 2 fully saturated rings. The van der Waals surface area contributed by atoms with Crippen molar-refractivity contribution in [3.05, 3.63) is 64.3 Å². The predicted molar refractivity (Wildman–Crippen MR) is 139 cm³/mol. The maximum atomic E-state index is 13.2. The third-order valence-electron chi connectivity index (χ3n) is 7.36. The zero-order chi connectivity index (χ0) is 26.7. The van der Waals surface area contributed by atoms with E-state index in [0.29, 0.717) is 21.9 Å². The number of hydrogen-bond donors (Lipinski definition) is 3. The molecule has 38 heavy (non-hydrogen) atoms. The number of hydrogen-bond acceptors (Lipinski definition) is 7. The number of piperazine rings is 1. The minimum atomic E-state index is -4.85. The molecule has 0 aromatic heterocycles. The van der Waals surface area contributed by atoms with Crippen molar-refractivity contribution in [2.24, 2.45) is 4.99 Å². The van der Waals surface area contributed by atoms with Crippen molar-refractivity contribution < 1.29 is 22.7 Å². The molecule has 2 aromatic carbocycles. The summed E-state index contributed by atoms with van der Waals surface area (Å²) in [6.45, 7) is 3.21. The number of amides is 1. The molecular weight excluding hydrogens is 521 g/mol. The number of likely N-dealkylation sites (N-methyl/N-ethyl adjacent to an activating group) is 1. The Hall–Kier alpha value is -3.44. The molecule has 1 aliphatic carbocycles. The van der Waals surface area contributed by atoms with Gasteiger partial charge in [-0.1, -0.05) is 23.7 Å². The molecule has 8 nitrogen and oxygen atoms in total. The van der Waals surface area contributed by atoms with Crippen molar-refractivity contribution in [2.45, 2.75) is 31.0 Å². The number of alkyl halides is 3. The minimum absolute atomic E-state index is 0.127. The van der Waals surface area contributed by atoms with E-state index in [1.807, 2.05) is 19.2 Å². The summed E-state index contributed by atoms with van der Waals surface area (Å²) in [5.74, 6) is -0.489. The molecule has 2 aromatic rings. The Morgan fingerprint density at radius 3 is 2.61 bits per heavy atom. The second kappa shape index (κ2) is 9.09. The Labute approximate surface area is 222 Å². The number of carbonyl (C=O) groups is 1. The van der Waals surface area contributed by atoms with Crippen LogP contribution in [0.15, 0.2) is 52.6 Å². The summed E-state index contributed by atoms with van der Waals surface area (Å²) in [5, 5.41) is 9.36. The Kier molecular flexibility index (Phi) is 5.95. The van der Waals surface area contributed by atoms with Gasteiger partial charge < -0.3 is 30.5 Å². The molecule has 12 heteroatoms. The lowest BCUT2D eigenvalue weighted by atomic mass is 9.98. The summed E-state index contributed by atoms with van der Waals surface area (Å²) in [6.07, 6.45) is -2.32. The van der Waals surface area contributed by atoms with Gasteiger partial charge in [0.2, 0.25) is 0 Å². The Balaban J connectivity index is 1.29. The molecule has 1 unspecified atom stereocenters. The number of benzene rings is 2. The number of ether oxygens (including phenoxy) is 1. The normalized spacial score (nSPS) is 22.3. The second-order valence-corrected chi connectivity index (χ2v) is 10.4. The van der Waals surface area contributed by atoms with Crippen LogP contribution in [0.5, 0.6) is 5.75 Å². The van der Waals surface area contributed by atoms with E-state index in [4.69, 9.17) is 11.6 Å². The summed E-state index contributed by atoms with van der Waals surface area (Å²) < 4.78 is 43.8. The lowest BCUT2D eigenvalue weighted by molar-refractivity contribution is -0.274. The topological polar surface area (TPSA) is 81.2 Å². The number of halogens is 4. The number of nitrogens with zero attached hydrogens (tertiary/aromatic N) is 3. The summed E-state index contributed by atoms with van der Waals surface area (Å²) in [7, 11) is 2.03. The maximum absolute atomic E-state index is 13.2. The largest absolute Gasteiger partial charge is 0.573 e.